The summed E-state index contributed by atoms with van der Waals surface area (Å²) < 4.78 is 0. The zero-order valence-corrected chi connectivity index (χ0v) is 9.57. The monoisotopic (exact) mass is 241 g/mol. The maximum atomic E-state index is 8.98. The molecule has 2 N–H and O–H groups in total. The zero-order chi connectivity index (χ0) is 11.5. The van der Waals surface area contributed by atoms with Gasteiger partial charge in [0.2, 0.25) is 5.28 Å². The third-order valence-corrected chi connectivity index (χ3v) is 2.48. The highest BCUT2D eigenvalue weighted by Gasteiger charge is 2.13. The molecule has 0 spiro atoms. The topological polar surface area (TPSA) is 77.9 Å². The van der Waals surface area contributed by atoms with E-state index in [1.54, 1.807) is 6.20 Å². The number of aromatic amines is 1. The summed E-state index contributed by atoms with van der Waals surface area (Å²) in [5.41, 5.74) is 0.603. The van der Waals surface area contributed by atoms with Crippen molar-refractivity contribution >= 4 is 28.5 Å². The van der Waals surface area contributed by atoms with Crippen molar-refractivity contribution in [1.29, 1.82) is 0 Å². The Bertz CT molecular complexity index is 486. The van der Waals surface area contributed by atoms with E-state index in [-0.39, 0.29) is 11.9 Å². The number of aromatic nitrogens is 4. The molecule has 0 saturated heterocycles. The maximum Gasteiger partial charge on any atom is 0.226 e. The molecule has 0 aromatic carbocycles. The van der Waals surface area contributed by atoms with E-state index in [1.807, 2.05) is 11.8 Å². The number of likely N-dealkylation sites (N-methyl/N-ethyl adjacent to an activating group) is 1. The van der Waals surface area contributed by atoms with E-state index in [2.05, 4.69) is 20.2 Å². The van der Waals surface area contributed by atoms with Crippen LogP contribution in [0.4, 0.5) is 5.82 Å². The number of anilines is 1. The number of hydrogen-bond donors (Lipinski definition) is 2. The van der Waals surface area contributed by atoms with Crippen LogP contribution in [0.1, 0.15) is 6.92 Å². The minimum Gasteiger partial charge on any atom is -0.395 e. The summed E-state index contributed by atoms with van der Waals surface area (Å²) in [6.45, 7) is 3.28. The fraction of sp³-hybridized carbons (Fsp3) is 0.444. The van der Waals surface area contributed by atoms with Crippen molar-refractivity contribution in [1.82, 2.24) is 20.2 Å². The van der Waals surface area contributed by atoms with Crippen LogP contribution in [0, 0.1) is 0 Å². The number of H-pyrrole nitrogens is 1. The summed E-state index contributed by atoms with van der Waals surface area (Å²) in [6.07, 6.45) is 1.65. The maximum absolute atomic E-state index is 8.98. The molecule has 0 atom stereocenters. The molecule has 6 nitrogen and oxygen atoms in total. The molecule has 0 aliphatic heterocycles. The largest absolute Gasteiger partial charge is 0.395 e. The van der Waals surface area contributed by atoms with Crippen LogP contribution in [0.3, 0.4) is 0 Å². The van der Waals surface area contributed by atoms with Crippen molar-refractivity contribution < 1.29 is 5.11 Å². The fourth-order valence-electron chi connectivity index (χ4n) is 1.57. The lowest BCUT2D eigenvalue weighted by atomic mass is 10.3. The first kappa shape index (κ1) is 11.1. The number of hydrogen-bond acceptors (Lipinski definition) is 5. The first-order valence-corrected chi connectivity index (χ1v) is 5.36. The molecule has 2 rings (SSSR count). The number of aliphatic hydroxyl groups is 1. The van der Waals surface area contributed by atoms with Crippen molar-refractivity contribution in [2.75, 3.05) is 24.6 Å². The van der Waals surface area contributed by atoms with Gasteiger partial charge in [0.05, 0.1) is 18.2 Å². The Labute approximate surface area is 97.3 Å². The summed E-state index contributed by atoms with van der Waals surface area (Å²) in [6, 6.07) is 0. The molecule has 0 bridgehead atoms. The smallest absolute Gasteiger partial charge is 0.226 e. The molecular formula is C9H12ClN5O. The highest BCUT2D eigenvalue weighted by molar-refractivity contribution is 6.28. The third-order valence-electron chi connectivity index (χ3n) is 2.31. The van der Waals surface area contributed by atoms with Crippen LogP contribution in [-0.4, -0.2) is 45.0 Å². The molecule has 16 heavy (non-hydrogen) atoms. The van der Waals surface area contributed by atoms with Crippen LogP contribution >= 0.6 is 11.6 Å². The van der Waals surface area contributed by atoms with Crippen molar-refractivity contribution in [3.8, 4) is 0 Å². The minimum absolute atomic E-state index is 0.0643. The van der Waals surface area contributed by atoms with Crippen LogP contribution in [0.15, 0.2) is 6.20 Å². The second-order valence-electron chi connectivity index (χ2n) is 3.25. The first-order valence-electron chi connectivity index (χ1n) is 4.98. The summed E-state index contributed by atoms with van der Waals surface area (Å²) in [5, 5.41) is 16.6. The van der Waals surface area contributed by atoms with Gasteiger partial charge in [0.25, 0.3) is 0 Å². The number of aliphatic hydroxyl groups excluding tert-OH is 1. The van der Waals surface area contributed by atoms with E-state index in [0.29, 0.717) is 18.0 Å². The van der Waals surface area contributed by atoms with E-state index in [1.165, 1.54) is 0 Å². The number of fused-ring (bicyclic) bond motifs is 1. The predicted octanol–water partition coefficient (Wildman–Crippen LogP) is 0.825. The van der Waals surface area contributed by atoms with Crippen molar-refractivity contribution in [2.24, 2.45) is 0 Å². The summed E-state index contributed by atoms with van der Waals surface area (Å²) >= 11 is 5.82. The number of nitrogens with zero attached hydrogens (tertiary/aromatic N) is 4. The molecule has 0 fully saturated rings. The van der Waals surface area contributed by atoms with Crippen molar-refractivity contribution in [2.45, 2.75) is 6.92 Å². The molecule has 0 unspecified atom stereocenters. The van der Waals surface area contributed by atoms with Gasteiger partial charge in [0.15, 0.2) is 5.65 Å². The Hall–Kier alpha value is -1.40. The average Bonchev–Trinajstić information content (AvgIpc) is 2.72. The van der Waals surface area contributed by atoms with E-state index >= 15 is 0 Å². The Morgan fingerprint density at radius 2 is 2.31 bits per heavy atom. The number of rotatable bonds is 4. The number of nitrogens with one attached hydrogen (secondary N) is 1. The van der Waals surface area contributed by atoms with Gasteiger partial charge in [0.1, 0.15) is 5.82 Å². The average molecular weight is 242 g/mol. The molecule has 2 heterocycles. The molecule has 0 aliphatic rings. The standard InChI is InChI=1S/C9H12ClN5O/c1-2-15(3-4-16)8-6-5-11-14-7(6)12-9(10)13-8/h5,16H,2-4H2,1H3,(H,11,12,13,14). The third kappa shape index (κ3) is 1.94. The highest BCUT2D eigenvalue weighted by Crippen LogP contribution is 2.23. The quantitative estimate of drug-likeness (QED) is 0.775. The Kier molecular flexibility index (Phi) is 3.21. The van der Waals surface area contributed by atoms with E-state index in [9.17, 15) is 0 Å². The molecule has 7 heteroatoms. The van der Waals surface area contributed by atoms with Gasteiger partial charge < -0.3 is 10.0 Å². The number of halogens is 1. The molecule has 0 amide bonds. The Morgan fingerprint density at radius 3 is 3.00 bits per heavy atom. The van der Waals surface area contributed by atoms with Gasteiger partial charge in [0, 0.05) is 13.1 Å². The fourth-order valence-corrected chi connectivity index (χ4v) is 1.73. The van der Waals surface area contributed by atoms with Crippen molar-refractivity contribution in [3.63, 3.8) is 0 Å². The van der Waals surface area contributed by atoms with Crippen LogP contribution in [0.25, 0.3) is 11.0 Å². The lowest BCUT2D eigenvalue weighted by Gasteiger charge is -2.21. The molecule has 0 aliphatic carbocycles. The van der Waals surface area contributed by atoms with Gasteiger partial charge >= 0.3 is 0 Å². The SMILES string of the molecule is CCN(CCO)c1nc(Cl)nc2[nH]ncc12. The lowest BCUT2D eigenvalue weighted by Crippen LogP contribution is -2.27. The highest BCUT2D eigenvalue weighted by atomic mass is 35.5. The van der Waals surface area contributed by atoms with Gasteiger partial charge in [-0.15, -0.1) is 0 Å². The normalized spacial score (nSPS) is 10.9. The van der Waals surface area contributed by atoms with Crippen LogP contribution in [0.5, 0.6) is 0 Å². The van der Waals surface area contributed by atoms with Gasteiger partial charge in [-0.05, 0) is 18.5 Å². The van der Waals surface area contributed by atoms with Crippen LogP contribution in [-0.2, 0) is 0 Å². The zero-order valence-electron chi connectivity index (χ0n) is 8.81. The second kappa shape index (κ2) is 4.63. The molecule has 86 valence electrons. The Balaban J connectivity index is 2.52. The van der Waals surface area contributed by atoms with E-state index in [4.69, 9.17) is 16.7 Å². The second-order valence-corrected chi connectivity index (χ2v) is 3.59. The van der Waals surface area contributed by atoms with Crippen LogP contribution in [0.2, 0.25) is 5.28 Å². The summed E-state index contributed by atoms with van der Waals surface area (Å²) in [5.74, 6) is 0.695. The van der Waals surface area contributed by atoms with Gasteiger partial charge in [-0.2, -0.15) is 15.1 Å². The minimum atomic E-state index is 0.0643. The Morgan fingerprint density at radius 1 is 1.50 bits per heavy atom. The van der Waals surface area contributed by atoms with Gasteiger partial charge in [-0.1, -0.05) is 0 Å². The molecule has 2 aromatic rings. The van der Waals surface area contributed by atoms with Crippen molar-refractivity contribution in [3.05, 3.63) is 11.5 Å². The van der Waals surface area contributed by atoms with E-state index in [0.717, 1.165) is 11.9 Å². The first-order chi connectivity index (χ1) is 7.76. The summed E-state index contributed by atoms with van der Waals surface area (Å²) in [7, 11) is 0. The predicted molar refractivity (Wildman–Crippen MR) is 61.7 cm³/mol. The van der Waals surface area contributed by atoms with Gasteiger partial charge in [-0.25, -0.2) is 0 Å². The van der Waals surface area contributed by atoms with Crippen LogP contribution < -0.4 is 4.90 Å². The van der Waals surface area contributed by atoms with E-state index < -0.39 is 0 Å². The molecule has 0 saturated carbocycles. The molecular weight excluding hydrogens is 230 g/mol. The summed E-state index contributed by atoms with van der Waals surface area (Å²) in [4.78, 5) is 10.1. The van der Waals surface area contributed by atoms with Gasteiger partial charge in [-0.3, -0.25) is 5.10 Å². The lowest BCUT2D eigenvalue weighted by molar-refractivity contribution is 0.302. The molecule has 0 radical (unpaired) electrons. The molecule has 2 aromatic heterocycles.